The number of hydrogen-bond acceptors (Lipinski definition) is 2. The molecule has 1 atom stereocenters. The summed E-state index contributed by atoms with van der Waals surface area (Å²) in [7, 11) is 0. The van der Waals surface area contributed by atoms with Gasteiger partial charge in [0.25, 0.3) is 0 Å². The van der Waals surface area contributed by atoms with Crippen molar-refractivity contribution in [1.29, 1.82) is 0 Å². The van der Waals surface area contributed by atoms with Crippen molar-refractivity contribution in [1.82, 2.24) is 4.98 Å². The van der Waals surface area contributed by atoms with Gasteiger partial charge in [-0.1, -0.05) is 22.9 Å². The third-order valence-electron chi connectivity index (χ3n) is 1.72. The first kappa shape index (κ1) is 10.2. The SMILES string of the molecule is CCC(Br)c1ncccc1C(=O)O. The molecule has 0 amide bonds. The lowest BCUT2D eigenvalue weighted by atomic mass is 10.1. The number of carboxylic acids is 1. The van der Waals surface area contributed by atoms with E-state index in [1.54, 1.807) is 18.3 Å². The standard InChI is InChI=1S/C9H10BrNO2/c1-2-7(10)8-6(9(12)13)4-3-5-11-8/h3-5,7H,2H2,1H3,(H,12,13). The minimum Gasteiger partial charge on any atom is -0.478 e. The summed E-state index contributed by atoms with van der Waals surface area (Å²) in [5, 5.41) is 8.85. The highest BCUT2D eigenvalue weighted by Gasteiger charge is 2.15. The van der Waals surface area contributed by atoms with Gasteiger partial charge >= 0.3 is 5.97 Å². The highest BCUT2D eigenvalue weighted by molar-refractivity contribution is 9.09. The van der Waals surface area contributed by atoms with E-state index >= 15 is 0 Å². The first-order valence-electron chi connectivity index (χ1n) is 3.99. The third kappa shape index (κ3) is 2.28. The summed E-state index contributed by atoms with van der Waals surface area (Å²) in [5.74, 6) is -0.930. The Kier molecular flexibility index (Phi) is 3.42. The molecule has 1 rings (SSSR count). The molecular formula is C9H10BrNO2. The lowest BCUT2D eigenvalue weighted by molar-refractivity contribution is 0.0695. The van der Waals surface area contributed by atoms with E-state index in [0.717, 1.165) is 6.42 Å². The molecule has 0 saturated carbocycles. The maximum absolute atomic E-state index is 10.8. The van der Waals surface area contributed by atoms with Crippen LogP contribution < -0.4 is 0 Å². The molecule has 1 unspecified atom stereocenters. The number of carboxylic acid groups (broad SMARTS) is 1. The average molecular weight is 244 g/mol. The Balaban J connectivity index is 3.11. The number of nitrogens with zero attached hydrogens (tertiary/aromatic N) is 1. The van der Waals surface area contributed by atoms with Crippen molar-refractivity contribution in [3.8, 4) is 0 Å². The fourth-order valence-electron chi connectivity index (χ4n) is 1.04. The topological polar surface area (TPSA) is 50.2 Å². The van der Waals surface area contributed by atoms with Crippen LogP contribution in [0.2, 0.25) is 0 Å². The van der Waals surface area contributed by atoms with E-state index in [2.05, 4.69) is 20.9 Å². The van der Waals surface area contributed by atoms with Gasteiger partial charge in [0.05, 0.1) is 16.1 Å². The molecule has 0 saturated heterocycles. The molecule has 0 bridgehead atoms. The molecule has 0 fully saturated rings. The number of alkyl halides is 1. The fraction of sp³-hybridized carbons (Fsp3) is 0.333. The van der Waals surface area contributed by atoms with E-state index in [-0.39, 0.29) is 10.4 Å². The molecule has 0 aliphatic rings. The van der Waals surface area contributed by atoms with Gasteiger partial charge in [-0.05, 0) is 18.6 Å². The molecule has 1 N–H and O–H groups in total. The van der Waals surface area contributed by atoms with Gasteiger partial charge in [0, 0.05) is 6.20 Å². The van der Waals surface area contributed by atoms with E-state index in [1.807, 2.05) is 6.92 Å². The molecule has 4 heteroatoms. The van der Waals surface area contributed by atoms with Gasteiger partial charge in [-0.3, -0.25) is 4.98 Å². The Morgan fingerprint density at radius 1 is 1.77 bits per heavy atom. The molecule has 0 spiro atoms. The minimum atomic E-state index is -0.930. The first-order chi connectivity index (χ1) is 6.16. The predicted molar refractivity (Wildman–Crippen MR) is 53.2 cm³/mol. The van der Waals surface area contributed by atoms with Crippen LogP contribution in [0.3, 0.4) is 0 Å². The molecular weight excluding hydrogens is 234 g/mol. The number of aromatic nitrogens is 1. The number of rotatable bonds is 3. The number of pyridine rings is 1. The van der Waals surface area contributed by atoms with Crippen LogP contribution in [-0.4, -0.2) is 16.1 Å². The lowest BCUT2D eigenvalue weighted by Crippen LogP contribution is -2.05. The van der Waals surface area contributed by atoms with Crippen LogP contribution in [0.25, 0.3) is 0 Å². The van der Waals surface area contributed by atoms with Crippen molar-refractivity contribution in [2.75, 3.05) is 0 Å². The van der Waals surface area contributed by atoms with Gasteiger partial charge < -0.3 is 5.11 Å². The maximum Gasteiger partial charge on any atom is 0.337 e. The van der Waals surface area contributed by atoms with Crippen LogP contribution in [0.1, 0.15) is 34.2 Å². The molecule has 1 heterocycles. The molecule has 0 radical (unpaired) electrons. The highest BCUT2D eigenvalue weighted by Crippen LogP contribution is 2.26. The van der Waals surface area contributed by atoms with Gasteiger partial charge in [0.1, 0.15) is 0 Å². The van der Waals surface area contributed by atoms with E-state index in [1.165, 1.54) is 0 Å². The number of carbonyl (C=O) groups is 1. The zero-order chi connectivity index (χ0) is 9.84. The monoisotopic (exact) mass is 243 g/mol. The Bertz CT molecular complexity index is 314. The van der Waals surface area contributed by atoms with E-state index in [0.29, 0.717) is 5.69 Å². The van der Waals surface area contributed by atoms with Crippen LogP contribution >= 0.6 is 15.9 Å². The Labute approximate surface area is 84.9 Å². The van der Waals surface area contributed by atoms with Crippen LogP contribution in [0.5, 0.6) is 0 Å². The van der Waals surface area contributed by atoms with E-state index in [9.17, 15) is 4.79 Å². The predicted octanol–water partition coefficient (Wildman–Crippen LogP) is 2.63. The van der Waals surface area contributed by atoms with Crippen molar-refractivity contribution >= 4 is 21.9 Å². The summed E-state index contributed by atoms with van der Waals surface area (Å²) in [5.41, 5.74) is 0.865. The molecule has 1 aromatic heterocycles. The largest absolute Gasteiger partial charge is 0.478 e. The first-order valence-corrected chi connectivity index (χ1v) is 4.90. The Morgan fingerprint density at radius 2 is 2.46 bits per heavy atom. The number of halogens is 1. The minimum absolute atomic E-state index is 0.0137. The maximum atomic E-state index is 10.8. The third-order valence-corrected chi connectivity index (χ3v) is 2.81. The molecule has 3 nitrogen and oxygen atoms in total. The van der Waals surface area contributed by atoms with Crippen molar-refractivity contribution in [2.45, 2.75) is 18.2 Å². The van der Waals surface area contributed by atoms with Crippen molar-refractivity contribution in [3.05, 3.63) is 29.6 Å². The second-order valence-corrected chi connectivity index (χ2v) is 3.72. The van der Waals surface area contributed by atoms with Gasteiger partial charge in [0.15, 0.2) is 0 Å². The molecule has 0 aliphatic carbocycles. The molecule has 0 aliphatic heterocycles. The summed E-state index contributed by atoms with van der Waals surface area (Å²) < 4.78 is 0. The summed E-state index contributed by atoms with van der Waals surface area (Å²) in [6.07, 6.45) is 2.42. The second kappa shape index (κ2) is 4.37. The van der Waals surface area contributed by atoms with Crippen LogP contribution in [0.15, 0.2) is 18.3 Å². The zero-order valence-corrected chi connectivity index (χ0v) is 8.78. The van der Waals surface area contributed by atoms with Crippen molar-refractivity contribution in [2.24, 2.45) is 0 Å². The normalized spacial score (nSPS) is 12.5. The van der Waals surface area contributed by atoms with E-state index < -0.39 is 5.97 Å². The number of hydrogen-bond donors (Lipinski definition) is 1. The molecule has 1 aromatic rings. The molecule has 0 aromatic carbocycles. The quantitative estimate of drug-likeness (QED) is 0.831. The number of aromatic carboxylic acids is 1. The fourth-order valence-corrected chi connectivity index (χ4v) is 1.41. The van der Waals surface area contributed by atoms with Crippen LogP contribution in [-0.2, 0) is 0 Å². The zero-order valence-electron chi connectivity index (χ0n) is 7.20. The second-order valence-electron chi connectivity index (χ2n) is 2.62. The summed E-state index contributed by atoms with van der Waals surface area (Å²) >= 11 is 3.38. The van der Waals surface area contributed by atoms with Gasteiger partial charge in [-0.15, -0.1) is 0 Å². The van der Waals surface area contributed by atoms with Gasteiger partial charge in [0.2, 0.25) is 0 Å². The average Bonchev–Trinajstić information content (AvgIpc) is 2.16. The van der Waals surface area contributed by atoms with Gasteiger partial charge in [-0.25, -0.2) is 4.79 Å². The summed E-state index contributed by atoms with van der Waals surface area (Å²) in [6.45, 7) is 1.97. The lowest BCUT2D eigenvalue weighted by Gasteiger charge is -2.08. The molecule has 70 valence electrons. The van der Waals surface area contributed by atoms with Gasteiger partial charge in [-0.2, -0.15) is 0 Å². The van der Waals surface area contributed by atoms with E-state index in [4.69, 9.17) is 5.11 Å². The smallest absolute Gasteiger partial charge is 0.337 e. The van der Waals surface area contributed by atoms with Crippen molar-refractivity contribution < 1.29 is 9.90 Å². The highest BCUT2D eigenvalue weighted by atomic mass is 79.9. The Morgan fingerprint density at radius 3 is 3.00 bits per heavy atom. The summed E-state index contributed by atoms with van der Waals surface area (Å²) in [6, 6.07) is 3.19. The Hall–Kier alpha value is -0.900. The van der Waals surface area contributed by atoms with Crippen LogP contribution in [0.4, 0.5) is 0 Å². The van der Waals surface area contributed by atoms with Crippen molar-refractivity contribution in [3.63, 3.8) is 0 Å². The van der Waals surface area contributed by atoms with Crippen LogP contribution in [0, 0.1) is 0 Å². The summed E-state index contributed by atoms with van der Waals surface area (Å²) in [4.78, 5) is 14.8. The molecule has 13 heavy (non-hydrogen) atoms.